The van der Waals surface area contributed by atoms with E-state index in [0.717, 1.165) is 30.1 Å². The number of fused-ring (bicyclic) bond motifs is 1. The minimum atomic E-state index is 0.188. The molecule has 1 aliphatic heterocycles. The van der Waals surface area contributed by atoms with Gasteiger partial charge in [-0.2, -0.15) is 4.52 Å². The third-order valence-corrected chi connectivity index (χ3v) is 5.76. The molecule has 1 amide bonds. The Bertz CT molecular complexity index is 993. The first kappa shape index (κ1) is 18.8. The number of aromatic nitrogens is 4. The highest BCUT2D eigenvalue weighted by Crippen LogP contribution is 2.18. The van der Waals surface area contributed by atoms with Gasteiger partial charge in [0.1, 0.15) is 12.1 Å². The molecule has 1 aliphatic rings. The highest BCUT2D eigenvalue weighted by atomic mass is 31.0. The Morgan fingerprint density at radius 1 is 1.14 bits per heavy atom. The van der Waals surface area contributed by atoms with E-state index in [4.69, 9.17) is 0 Å². The van der Waals surface area contributed by atoms with Gasteiger partial charge in [0, 0.05) is 26.2 Å². The van der Waals surface area contributed by atoms with Crippen molar-refractivity contribution < 1.29 is 4.79 Å². The van der Waals surface area contributed by atoms with Gasteiger partial charge in [-0.15, -0.1) is 24.5 Å². The summed E-state index contributed by atoms with van der Waals surface area (Å²) in [5.74, 6) is 1.52. The molecule has 0 spiro atoms. The third-order valence-electron chi connectivity index (χ3n) is 5.23. The van der Waals surface area contributed by atoms with E-state index in [2.05, 4.69) is 61.5 Å². The van der Waals surface area contributed by atoms with Crippen molar-refractivity contribution in [3.05, 3.63) is 47.8 Å². The van der Waals surface area contributed by atoms with Crippen molar-refractivity contribution in [2.24, 2.45) is 0 Å². The Morgan fingerprint density at radius 3 is 2.68 bits per heavy atom. The van der Waals surface area contributed by atoms with Crippen molar-refractivity contribution >= 4 is 31.9 Å². The number of carbonyl (C=O) groups is 1. The van der Waals surface area contributed by atoms with Crippen LogP contribution in [0.15, 0.2) is 36.7 Å². The van der Waals surface area contributed by atoms with E-state index in [-0.39, 0.29) is 5.91 Å². The van der Waals surface area contributed by atoms with Gasteiger partial charge in [0.15, 0.2) is 5.65 Å². The summed E-state index contributed by atoms with van der Waals surface area (Å²) in [4.78, 5) is 16.9. The Balaban J connectivity index is 1.38. The van der Waals surface area contributed by atoms with Crippen LogP contribution in [0, 0.1) is 0 Å². The second kappa shape index (κ2) is 7.84. The molecule has 0 saturated carbocycles. The van der Waals surface area contributed by atoms with E-state index in [1.807, 2.05) is 17.0 Å². The van der Waals surface area contributed by atoms with Crippen LogP contribution in [0.5, 0.6) is 0 Å². The van der Waals surface area contributed by atoms with Gasteiger partial charge in [0.2, 0.25) is 5.91 Å². The average molecular weight is 396 g/mol. The quantitative estimate of drug-likeness (QED) is 0.628. The molecule has 3 aromatic rings. The van der Waals surface area contributed by atoms with Gasteiger partial charge in [0.05, 0.1) is 6.42 Å². The number of rotatable bonds is 4. The van der Waals surface area contributed by atoms with Gasteiger partial charge in [-0.1, -0.05) is 32.0 Å². The summed E-state index contributed by atoms with van der Waals surface area (Å²) in [7, 11) is 2.78. The zero-order valence-electron chi connectivity index (χ0n) is 16.2. The largest absolute Gasteiger partial charge is 0.352 e. The second-order valence-corrected chi connectivity index (χ2v) is 8.11. The zero-order chi connectivity index (χ0) is 19.7. The van der Waals surface area contributed by atoms with E-state index >= 15 is 0 Å². The topological polar surface area (TPSA) is 66.6 Å². The molecule has 7 nitrogen and oxygen atoms in total. The van der Waals surface area contributed by atoms with Crippen molar-refractivity contribution in [2.45, 2.75) is 26.2 Å². The van der Waals surface area contributed by atoms with Crippen molar-refractivity contribution in [1.29, 1.82) is 0 Å². The lowest BCUT2D eigenvalue weighted by Crippen LogP contribution is -2.49. The molecule has 0 aliphatic carbocycles. The maximum atomic E-state index is 12.8. The van der Waals surface area contributed by atoms with Gasteiger partial charge >= 0.3 is 0 Å². The fourth-order valence-corrected chi connectivity index (χ4v) is 4.11. The van der Waals surface area contributed by atoms with E-state index < -0.39 is 0 Å². The molecule has 146 valence electrons. The second-order valence-electron chi connectivity index (χ2n) is 7.49. The Hall–Kier alpha value is -2.53. The van der Waals surface area contributed by atoms with Crippen LogP contribution in [-0.4, -0.2) is 56.8 Å². The Morgan fingerprint density at radius 2 is 1.93 bits per heavy atom. The number of hydrogen-bond donors (Lipinski definition) is 0. The molecule has 1 fully saturated rings. The fraction of sp³-hybridized carbons (Fsp3) is 0.400. The molecule has 3 heterocycles. The molecule has 1 unspecified atom stereocenters. The summed E-state index contributed by atoms with van der Waals surface area (Å²) in [5.41, 5.74) is 3.10. The standard InChI is InChI=1S/C20H25N6OP/c1-14(2)16-11-15(3-4-17(16)28)12-20(27)25-9-7-24(8-10-25)19-6-5-18-22-21-13-26(18)23-19/h3-6,11,13-14H,7-10,12,28H2,1-2H3. The monoisotopic (exact) mass is 396 g/mol. The summed E-state index contributed by atoms with van der Waals surface area (Å²) in [6.07, 6.45) is 2.06. The first-order chi connectivity index (χ1) is 13.5. The molecule has 0 N–H and O–H groups in total. The molecular weight excluding hydrogens is 371 g/mol. The maximum absolute atomic E-state index is 12.8. The molecule has 4 rings (SSSR count). The highest BCUT2D eigenvalue weighted by Gasteiger charge is 2.22. The van der Waals surface area contributed by atoms with Crippen molar-refractivity contribution in [1.82, 2.24) is 24.7 Å². The summed E-state index contributed by atoms with van der Waals surface area (Å²) in [6.45, 7) is 7.32. The lowest BCUT2D eigenvalue weighted by atomic mass is 9.99. The van der Waals surface area contributed by atoms with Gasteiger partial charge in [0.25, 0.3) is 0 Å². The van der Waals surface area contributed by atoms with Crippen molar-refractivity contribution in [3.8, 4) is 0 Å². The summed E-state index contributed by atoms with van der Waals surface area (Å²) >= 11 is 0. The molecule has 28 heavy (non-hydrogen) atoms. The number of benzene rings is 1. The van der Waals surface area contributed by atoms with Crippen LogP contribution in [0.4, 0.5) is 5.82 Å². The molecular formula is C20H25N6OP. The molecule has 1 atom stereocenters. The normalized spacial score (nSPS) is 14.9. The van der Waals surface area contributed by atoms with E-state index in [1.54, 1.807) is 10.8 Å². The van der Waals surface area contributed by atoms with Crippen LogP contribution < -0.4 is 10.2 Å². The summed E-state index contributed by atoms with van der Waals surface area (Å²) < 4.78 is 1.68. The SMILES string of the molecule is CC(C)c1cc(CC(=O)N2CCN(c3ccc4nncn4n3)CC2)ccc1P. The average Bonchev–Trinajstić information content (AvgIpc) is 3.17. The van der Waals surface area contributed by atoms with E-state index in [9.17, 15) is 4.79 Å². The third kappa shape index (κ3) is 3.85. The molecule has 0 radical (unpaired) electrons. The molecule has 1 aromatic carbocycles. The maximum Gasteiger partial charge on any atom is 0.227 e. The minimum Gasteiger partial charge on any atom is -0.352 e. The molecule has 8 heteroatoms. The smallest absolute Gasteiger partial charge is 0.227 e. The predicted octanol–water partition coefficient (Wildman–Crippen LogP) is 1.64. The number of anilines is 1. The number of piperazine rings is 1. The first-order valence-corrected chi connectivity index (χ1v) is 10.2. The van der Waals surface area contributed by atoms with Gasteiger partial charge < -0.3 is 9.80 Å². The predicted molar refractivity (Wildman–Crippen MR) is 113 cm³/mol. The van der Waals surface area contributed by atoms with E-state index in [1.165, 1.54) is 10.9 Å². The Labute approximate surface area is 166 Å². The number of nitrogens with zero attached hydrogens (tertiary/aromatic N) is 6. The number of hydrogen-bond acceptors (Lipinski definition) is 5. The fourth-order valence-electron chi connectivity index (χ4n) is 3.59. The van der Waals surface area contributed by atoms with Crippen LogP contribution in [0.3, 0.4) is 0 Å². The van der Waals surface area contributed by atoms with Gasteiger partial charge in [-0.3, -0.25) is 4.79 Å². The molecule has 0 bridgehead atoms. The van der Waals surface area contributed by atoms with Crippen LogP contribution >= 0.6 is 9.24 Å². The van der Waals surface area contributed by atoms with Crippen molar-refractivity contribution in [2.75, 3.05) is 31.1 Å². The van der Waals surface area contributed by atoms with Crippen LogP contribution in [0.1, 0.15) is 30.9 Å². The van der Waals surface area contributed by atoms with Crippen LogP contribution in [0.25, 0.3) is 5.65 Å². The minimum absolute atomic E-state index is 0.188. The van der Waals surface area contributed by atoms with Crippen molar-refractivity contribution in [3.63, 3.8) is 0 Å². The zero-order valence-corrected chi connectivity index (χ0v) is 17.4. The lowest BCUT2D eigenvalue weighted by Gasteiger charge is -2.35. The molecule has 2 aromatic heterocycles. The number of amides is 1. The van der Waals surface area contributed by atoms with Gasteiger partial charge in [-0.25, -0.2) is 0 Å². The summed E-state index contributed by atoms with van der Waals surface area (Å²) in [5, 5.41) is 13.6. The van der Waals surface area contributed by atoms with Crippen LogP contribution in [0.2, 0.25) is 0 Å². The number of carbonyl (C=O) groups excluding carboxylic acids is 1. The lowest BCUT2D eigenvalue weighted by molar-refractivity contribution is -0.130. The Kier molecular flexibility index (Phi) is 5.27. The highest BCUT2D eigenvalue weighted by molar-refractivity contribution is 7.27. The van der Waals surface area contributed by atoms with Crippen LogP contribution in [-0.2, 0) is 11.2 Å². The van der Waals surface area contributed by atoms with E-state index in [0.29, 0.717) is 25.4 Å². The first-order valence-electron chi connectivity index (χ1n) is 9.59. The molecule has 1 saturated heterocycles. The summed E-state index contributed by atoms with van der Waals surface area (Å²) in [6, 6.07) is 10.2. The van der Waals surface area contributed by atoms with Gasteiger partial charge in [-0.05, 0) is 34.5 Å².